The Morgan fingerprint density at radius 1 is 1.48 bits per heavy atom. The van der Waals surface area contributed by atoms with Crippen molar-refractivity contribution in [1.29, 1.82) is 0 Å². The number of amides is 1. The minimum Gasteiger partial charge on any atom is -0.395 e. The van der Waals surface area contributed by atoms with Gasteiger partial charge >= 0.3 is 0 Å². The first-order valence-corrected chi connectivity index (χ1v) is 7.83. The lowest BCUT2D eigenvalue weighted by Crippen LogP contribution is -2.29. The third kappa shape index (κ3) is 4.20. The van der Waals surface area contributed by atoms with Gasteiger partial charge < -0.3 is 16.0 Å². The predicted molar refractivity (Wildman–Crippen MR) is 84.3 cm³/mol. The van der Waals surface area contributed by atoms with E-state index in [4.69, 9.17) is 5.73 Å². The largest absolute Gasteiger partial charge is 0.395 e. The Labute approximate surface area is 126 Å². The van der Waals surface area contributed by atoms with E-state index in [1.165, 1.54) is 0 Å². The fourth-order valence-corrected chi connectivity index (χ4v) is 2.25. The molecule has 6 heteroatoms. The lowest BCUT2D eigenvalue weighted by atomic mass is 10.2. The van der Waals surface area contributed by atoms with Crippen LogP contribution in [0, 0.1) is 0 Å². The molecule has 1 aromatic heterocycles. The molecule has 118 valence electrons. The summed E-state index contributed by atoms with van der Waals surface area (Å²) >= 11 is 0. The zero-order chi connectivity index (χ0) is 15.4. The number of carbonyl (C=O) groups excluding carboxylic acids is 1. The fourth-order valence-electron chi connectivity index (χ4n) is 2.25. The highest BCUT2D eigenvalue weighted by Crippen LogP contribution is 2.42. The van der Waals surface area contributed by atoms with Gasteiger partial charge in [0.1, 0.15) is 0 Å². The van der Waals surface area contributed by atoms with E-state index in [0.29, 0.717) is 29.9 Å². The maximum absolute atomic E-state index is 12.0. The number of rotatable bonds is 8. The molecular formula is C15H27N5O. The van der Waals surface area contributed by atoms with Crippen LogP contribution in [0.25, 0.3) is 0 Å². The third-order valence-electron chi connectivity index (χ3n) is 4.14. The molecule has 1 aliphatic carbocycles. The van der Waals surface area contributed by atoms with Crippen LogP contribution in [-0.2, 0) is 0 Å². The Morgan fingerprint density at radius 3 is 2.81 bits per heavy atom. The Morgan fingerprint density at radius 2 is 2.19 bits per heavy atom. The summed E-state index contributed by atoms with van der Waals surface area (Å²) in [7, 11) is 2.12. The SMILES string of the molecule is CC(C)N(C)CCCCNC(=O)c1n[nH]c(C2CC2)c1N. The van der Waals surface area contributed by atoms with Crippen LogP contribution in [-0.4, -0.2) is 47.2 Å². The number of nitrogens with zero attached hydrogens (tertiary/aromatic N) is 2. The van der Waals surface area contributed by atoms with Crippen molar-refractivity contribution in [2.45, 2.75) is 51.5 Å². The number of aromatic amines is 1. The van der Waals surface area contributed by atoms with Gasteiger partial charge in [0.2, 0.25) is 0 Å². The number of anilines is 1. The van der Waals surface area contributed by atoms with E-state index in [0.717, 1.165) is 37.9 Å². The van der Waals surface area contributed by atoms with Gasteiger partial charge in [-0.3, -0.25) is 9.89 Å². The summed E-state index contributed by atoms with van der Waals surface area (Å²) in [6, 6.07) is 0.560. The van der Waals surface area contributed by atoms with Crippen molar-refractivity contribution < 1.29 is 4.79 Å². The molecule has 0 saturated heterocycles. The number of aromatic nitrogens is 2. The van der Waals surface area contributed by atoms with Crippen LogP contribution >= 0.6 is 0 Å². The summed E-state index contributed by atoms with van der Waals surface area (Å²) in [6.07, 6.45) is 4.30. The van der Waals surface area contributed by atoms with Gasteiger partial charge in [-0.15, -0.1) is 0 Å². The smallest absolute Gasteiger partial charge is 0.273 e. The van der Waals surface area contributed by atoms with E-state index in [2.05, 4.69) is 41.3 Å². The van der Waals surface area contributed by atoms with Crippen LogP contribution in [0.3, 0.4) is 0 Å². The zero-order valence-corrected chi connectivity index (χ0v) is 13.3. The molecule has 1 aromatic rings. The highest BCUT2D eigenvalue weighted by atomic mass is 16.1. The monoisotopic (exact) mass is 293 g/mol. The number of nitrogens with two attached hydrogens (primary N) is 1. The van der Waals surface area contributed by atoms with Crippen molar-refractivity contribution in [3.8, 4) is 0 Å². The van der Waals surface area contributed by atoms with Crippen LogP contribution < -0.4 is 11.1 Å². The number of hydrogen-bond acceptors (Lipinski definition) is 4. The van der Waals surface area contributed by atoms with E-state index in [1.54, 1.807) is 0 Å². The Bertz CT molecular complexity index is 478. The minimum absolute atomic E-state index is 0.173. The first kappa shape index (κ1) is 15.8. The highest BCUT2D eigenvalue weighted by Gasteiger charge is 2.30. The molecule has 21 heavy (non-hydrogen) atoms. The van der Waals surface area contributed by atoms with Crippen LogP contribution in [0.15, 0.2) is 0 Å². The molecule has 0 atom stereocenters. The van der Waals surface area contributed by atoms with Gasteiger partial charge in [0, 0.05) is 18.5 Å². The molecule has 1 saturated carbocycles. The van der Waals surface area contributed by atoms with Crippen LogP contribution in [0.5, 0.6) is 0 Å². The van der Waals surface area contributed by atoms with E-state index in [9.17, 15) is 4.79 Å². The summed E-state index contributed by atoms with van der Waals surface area (Å²) in [5, 5.41) is 9.86. The third-order valence-corrected chi connectivity index (χ3v) is 4.14. The summed E-state index contributed by atoms with van der Waals surface area (Å²) in [5.41, 5.74) is 7.78. The highest BCUT2D eigenvalue weighted by molar-refractivity contribution is 5.97. The second-order valence-electron chi connectivity index (χ2n) is 6.21. The predicted octanol–water partition coefficient (Wildman–Crippen LogP) is 1.72. The van der Waals surface area contributed by atoms with E-state index < -0.39 is 0 Å². The molecule has 0 aliphatic heterocycles. The normalized spacial score (nSPS) is 14.9. The number of hydrogen-bond donors (Lipinski definition) is 3. The van der Waals surface area contributed by atoms with Gasteiger partial charge in [-0.1, -0.05) is 0 Å². The molecule has 0 unspecified atom stereocenters. The summed E-state index contributed by atoms with van der Waals surface area (Å²) in [6.45, 7) is 6.07. The van der Waals surface area contributed by atoms with E-state index in [-0.39, 0.29) is 5.91 Å². The maximum Gasteiger partial charge on any atom is 0.273 e. The average molecular weight is 293 g/mol. The minimum atomic E-state index is -0.173. The number of unbranched alkanes of at least 4 members (excludes halogenated alkanes) is 1. The standard InChI is InChI=1S/C15H27N5O/c1-10(2)20(3)9-5-4-8-17-15(21)14-12(16)13(18-19-14)11-6-7-11/h10-11H,4-9,16H2,1-3H3,(H,17,21)(H,18,19). The van der Waals surface area contributed by atoms with E-state index in [1.807, 2.05) is 0 Å². The molecule has 2 rings (SSSR count). The molecule has 0 aromatic carbocycles. The number of carbonyl (C=O) groups is 1. The summed E-state index contributed by atoms with van der Waals surface area (Å²) < 4.78 is 0. The van der Waals surface area contributed by atoms with Crippen LogP contribution in [0.4, 0.5) is 5.69 Å². The van der Waals surface area contributed by atoms with Crippen molar-refractivity contribution >= 4 is 11.6 Å². The first-order chi connectivity index (χ1) is 10.0. The van der Waals surface area contributed by atoms with Gasteiger partial charge in [-0.25, -0.2) is 0 Å². The van der Waals surface area contributed by atoms with Crippen molar-refractivity contribution in [2.24, 2.45) is 0 Å². The van der Waals surface area contributed by atoms with Gasteiger partial charge in [0.15, 0.2) is 5.69 Å². The summed E-state index contributed by atoms with van der Waals surface area (Å²) in [4.78, 5) is 14.3. The molecule has 1 heterocycles. The van der Waals surface area contributed by atoms with Crippen molar-refractivity contribution in [2.75, 3.05) is 25.9 Å². The zero-order valence-electron chi connectivity index (χ0n) is 13.3. The number of nitrogens with one attached hydrogen (secondary N) is 2. The second kappa shape index (κ2) is 6.93. The Hall–Kier alpha value is -1.56. The molecule has 1 aliphatic rings. The van der Waals surface area contributed by atoms with Crippen molar-refractivity contribution in [3.05, 3.63) is 11.4 Å². The molecule has 6 nitrogen and oxygen atoms in total. The molecule has 1 fully saturated rings. The lowest BCUT2D eigenvalue weighted by Gasteiger charge is -2.20. The molecule has 4 N–H and O–H groups in total. The fraction of sp³-hybridized carbons (Fsp3) is 0.733. The van der Waals surface area contributed by atoms with Crippen LogP contribution in [0.1, 0.15) is 61.6 Å². The van der Waals surface area contributed by atoms with Crippen LogP contribution in [0.2, 0.25) is 0 Å². The molecule has 0 bridgehead atoms. The number of nitrogen functional groups attached to an aromatic ring is 1. The van der Waals surface area contributed by atoms with Gasteiger partial charge in [0.05, 0.1) is 11.4 Å². The molecular weight excluding hydrogens is 266 g/mol. The maximum atomic E-state index is 12.0. The van der Waals surface area contributed by atoms with Gasteiger partial charge in [0.25, 0.3) is 5.91 Å². The topological polar surface area (TPSA) is 87.0 Å². The van der Waals surface area contributed by atoms with Gasteiger partial charge in [-0.2, -0.15) is 5.10 Å². The average Bonchev–Trinajstić information content (AvgIpc) is 3.21. The Balaban J connectivity index is 1.70. The molecule has 1 amide bonds. The first-order valence-electron chi connectivity index (χ1n) is 7.83. The molecule has 0 radical (unpaired) electrons. The second-order valence-corrected chi connectivity index (χ2v) is 6.21. The summed E-state index contributed by atoms with van der Waals surface area (Å²) in [5.74, 6) is 0.304. The van der Waals surface area contributed by atoms with Gasteiger partial charge in [-0.05, 0) is 53.1 Å². The van der Waals surface area contributed by atoms with Crippen molar-refractivity contribution in [1.82, 2.24) is 20.4 Å². The quantitative estimate of drug-likeness (QED) is 0.637. The van der Waals surface area contributed by atoms with E-state index >= 15 is 0 Å². The number of H-pyrrole nitrogens is 1. The Kier molecular flexibility index (Phi) is 5.22. The van der Waals surface area contributed by atoms with Crippen molar-refractivity contribution in [3.63, 3.8) is 0 Å². The molecule has 0 spiro atoms. The lowest BCUT2D eigenvalue weighted by molar-refractivity contribution is 0.0948.